The van der Waals surface area contributed by atoms with Crippen molar-refractivity contribution in [1.29, 1.82) is 5.41 Å². The first-order valence-electron chi connectivity index (χ1n) is 5.49. The molecule has 19 heavy (non-hydrogen) atoms. The van der Waals surface area contributed by atoms with Gasteiger partial charge in [-0.25, -0.2) is 0 Å². The van der Waals surface area contributed by atoms with E-state index in [0.29, 0.717) is 16.9 Å². The van der Waals surface area contributed by atoms with Gasteiger partial charge in [0.1, 0.15) is 11.6 Å². The van der Waals surface area contributed by atoms with Gasteiger partial charge in [0, 0.05) is 0 Å². The standard InChI is InChI=1S/C12H15F3N2O2/c1-18-10-6-8(2-3-9(10)11(16)17)7-19-5-4-12(13,14)15/h2-3,6H,4-5,7H2,1H3,(H3,16,17). The number of hydrogen-bond acceptors (Lipinski definition) is 3. The van der Waals surface area contributed by atoms with Gasteiger partial charge in [-0.3, -0.25) is 5.41 Å². The van der Waals surface area contributed by atoms with Crippen LogP contribution in [0.4, 0.5) is 13.2 Å². The Bertz CT molecular complexity index is 447. The molecule has 0 spiro atoms. The van der Waals surface area contributed by atoms with Crippen molar-refractivity contribution in [2.75, 3.05) is 13.7 Å². The van der Waals surface area contributed by atoms with Crippen molar-refractivity contribution in [3.05, 3.63) is 29.3 Å². The number of ether oxygens (including phenoxy) is 2. The molecule has 0 heterocycles. The van der Waals surface area contributed by atoms with Gasteiger partial charge in [-0.1, -0.05) is 6.07 Å². The molecule has 0 aromatic heterocycles. The Morgan fingerprint density at radius 2 is 2.05 bits per heavy atom. The second kappa shape index (κ2) is 6.42. The molecule has 1 rings (SSSR count). The second-order valence-corrected chi connectivity index (χ2v) is 3.87. The molecular weight excluding hydrogens is 261 g/mol. The first-order chi connectivity index (χ1) is 8.83. The zero-order valence-corrected chi connectivity index (χ0v) is 10.4. The van der Waals surface area contributed by atoms with Crippen LogP contribution in [0.1, 0.15) is 17.5 Å². The predicted octanol–water partition coefficient (Wildman–Crippen LogP) is 2.45. The topological polar surface area (TPSA) is 68.3 Å². The third-order valence-electron chi connectivity index (χ3n) is 2.35. The molecule has 0 saturated carbocycles. The summed E-state index contributed by atoms with van der Waals surface area (Å²) in [7, 11) is 1.43. The molecule has 0 aliphatic carbocycles. The highest BCUT2D eigenvalue weighted by atomic mass is 19.4. The summed E-state index contributed by atoms with van der Waals surface area (Å²) in [6.07, 6.45) is -5.19. The Balaban J connectivity index is 2.58. The van der Waals surface area contributed by atoms with Crippen LogP contribution in [-0.4, -0.2) is 25.7 Å². The van der Waals surface area contributed by atoms with E-state index in [1.54, 1.807) is 18.2 Å². The van der Waals surface area contributed by atoms with E-state index in [9.17, 15) is 13.2 Å². The molecule has 0 bridgehead atoms. The van der Waals surface area contributed by atoms with Crippen LogP contribution in [-0.2, 0) is 11.3 Å². The van der Waals surface area contributed by atoms with Gasteiger partial charge >= 0.3 is 6.18 Å². The summed E-state index contributed by atoms with van der Waals surface area (Å²) >= 11 is 0. The average molecular weight is 276 g/mol. The average Bonchev–Trinajstić information content (AvgIpc) is 2.33. The summed E-state index contributed by atoms with van der Waals surface area (Å²) in [4.78, 5) is 0. The smallest absolute Gasteiger partial charge is 0.391 e. The van der Waals surface area contributed by atoms with Gasteiger partial charge in [-0.15, -0.1) is 0 Å². The largest absolute Gasteiger partial charge is 0.496 e. The van der Waals surface area contributed by atoms with E-state index in [1.165, 1.54) is 7.11 Å². The highest BCUT2D eigenvalue weighted by Gasteiger charge is 2.26. The maximum absolute atomic E-state index is 11.9. The molecule has 4 nitrogen and oxygen atoms in total. The number of methoxy groups -OCH3 is 1. The lowest BCUT2D eigenvalue weighted by atomic mass is 10.1. The lowest BCUT2D eigenvalue weighted by Crippen LogP contribution is -2.13. The Labute approximate surface area is 108 Å². The van der Waals surface area contributed by atoms with Gasteiger partial charge in [-0.05, 0) is 17.7 Å². The predicted molar refractivity (Wildman–Crippen MR) is 64.3 cm³/mol. The minimum absolute atomic E-state index is 0.0463. The third kappa shape index (κ3) is 5.17. The van der Waals surface area contributed by atoms with Crippen LogP contribution in [0.2, 0.25) is 0 Å². The van der Waals surface area contributed by atoms with Crippen LogP contribution >= 0.6 is 0 Å². The van der Waals surface area contributed by atoms with E-state index in [1.807, 2.05) is 0 Å². The van der Waals surface area contributed by atoms with E-state index >= 15 is 0 Å². The molecule has 1 aromatic rings. The summed E-state index contributed by atoms with van der Waals surface area (Å²) in [5.74, 6) is 0.255. The van der Waals surface area contributed by atoms with Crippen LogP contribution in [0.25, 0.3) is 0 Å². The van der Waals surface area contributed by atoms with E-state index in [-0.39, 0.29) is 19.0 Å². The first kappa shape index (κ1) is 15.3. The van der Waals surface area contributed by atoms with Gasteiger partial charge in [0.25, 0.3) is 0 Å². The number of rotatable bonds is 6. The van der Waals surface area contributed by atoms with Crippen molar-refractivity contribution in [3.8, 4) is 5.75 Å². The maximum atomic E-state index is 11.9. The lowest BCUT2D eigenvalue weighted by Gasteiger charge is -2.10. The number of amidine groups is 1. The summed E-state index contributed by atoms with van der Waals surface area (Å²) < 4.78 is 45.7. The molecule has 0 saturated heterocycles. The Kier molecular flexibility index (Phi) is 5.17. The number of hydrogen-bond donors (Lipinski definition) is 2. The maximum Gasteiger partial charge on any atom is 0.391 e. The minimum atomic E-state index is -4.21. The molecule has 0 unspecified atom stereocenters. The molecule has 0 fully saturated rings. The van der Waals surface area contributed by atoms with Gasteiger partial charge in [0.05, 0.1) is 32.3 Å². The van der Waals surface area contributed by atoms with Crippen LogP contribution in [0.5, 0.6) is 5.75 Å². The zero-order chi connectivity index (χ0) is 14.5. The van der Waals surface area contributed by atoms with E-state index < -0.39 is 12.6 Å². The van der Waals surface area contributed by atoms with Gasteiger partial charge < -0.3 is 15.2 Å². The Morgan fingerprint density at radius 3 is 2.58 bits per heavy atom. The van der Waals surface area contributed by atoms with Crippen LogP contribution in [0, 0.1) is 5.41 Å². The molecule has 0 aliphatic rings. The second-order valence-electron chi connectivity index (χ2n) is 3.87. The van der Waals surface area contributed by atoms with Gasteiger partial charge in [-0.2, -0.15) is 13.2 Å². The van der Waals surface area contributed by atoms with Crippen molar-refractivity contribution in [2.45, 2.75) is 19.2 Å². The fourth-order valence-electron chi connectivity index (χ4n) is 1.43. The number of halogens is 3. The minimum Gasteiger partial charge on any atom is -0.496 e. The van der Waals surface area contributed by atoms with Crippen LogP contribution < -0.4 is 10.5 Å². The summed E-state index contributed by atoms with van der Waals surface area (Å²) in [6.45, 7) is -0.342. The van der Waals surface area contributed by atoms with Crippen molar-refractivity contribution in [3.63, 3.8) is 0 Å². The molecule has 0 radical (unpaired) electrons. The van der Waals surface area contributed by atoms with Crippen molar-refractivity contribution in [2.24, 2.45) is 5.73 Å². The molecule has 0 atom stereocenters. The highest BCUT2D eigenvalue weighted by molar-refractivity contribution is 5.97. The van der Waals surface area contributed by atoms with Crippen molar-refractivity contribution >= 4 is 5.84 Å². The lowest BCUT2D eigenvalue weighted by molar-refractivity contribution is -0.146. The number of alkyl halides is 3. The van der Waals surface area contributed by atoms with E-state index in [0.717, 1.165) is 0 Å². The van der Waals surface area contributed by atoms with Crippen LogP contribution in [0.15, 0.2) is 18.2 Å². The molecule has 106 valence electrons. The fourth-order valence-corrected chi connectivity index (χ4v) is 1.43. The Morgan fingerprint density at radius 1 is 1.37 bits per heavy atom. The quantitative estimate of drug-likeness (QED) is 0.476. The molecule has 7 heteroatoms. The SMILES string of the molecule is COc1cc(COCCC(F)(F)F)ccc1C(=N)N. The number of nitrogen functional groups attached to an aromatic ring is 1. The van der Waals surface area contributed by atoms with Gasteiger partial charge in [0.15, 0.2) is 0 Å². The van der Waals surface area contributed by atoms with Crippen molar-refractivity contribution in [1.82, 2.24) is 0 Å². The molecular formula is C12H15F3N2O2. The van der Waals surface area contributed by atoms with E-state index in [2.05, 4.69) is 0 Å². The van der Waals surface area contributed by atoms with Crippen LogP contribution in [0.3, 0.4) is 0 Å². The third-order valence-corrected chi connectivity index (χ3v) is 2.35. The summed E-state index contributed by atoms with van der Waals surface area (Å²) in [5, 5.41) is 7.33. The molecule has 1 aromatic carbocycles. The fraction of sp³-hybridized carbons (Fsp3) is 0.417. The summed E-state index contributed by atoms with van der Waals surface area (Å²) in [5.41, 5.74) is 6.45. The molecule has 0 amide bonds. The molecule has 3 N–H and O–H groups in total. The van der Waals surface area contributed by atoms with E-state index in [4.69, 9.17) is 20.6 Å². The monoisotopic (exact) mass is 276 g/mol. The number of nitrogens with two attached hydrogens (primary N) is 1. The number of nitrogens with one attached hydrogen (secondary N) is 1. The first-order valence-corrected chi connectivity index (χ1v) is 5.49. The molecule has 0 aliphatic heterocycles. The normalized spacial score (nSPS) is 11.4. The Hall–Kier alpha value is -1.76. The van der Waals surface area contributed by atoms with Gasteiger partial charge in [0.2, 0.25) is 0 Å². The number of benzene rings is 1. The highest BCUT2D eigenvalue weighted by Crippen LogP contribution is 2.21. The van der Waals surface area contributed by atoms with Crippen molar-refractivity contribution < 1.29 is 22.6 Å². The summed E-state index contributed by atoms with van der Waals surface area (Å²) in [6, 6.07) is 4.79. The zero-order valence-electron chi connectivity index (χ0n) is 10.4.